The van der Waals surface area contributed by atoms with Crippen LogP contribution in [0.3, 0.4) is 0 Å². The van der Waals surface area contributed by atoms with Crippen LogP contribution in [0.2, 0.25) is 0 Å². The maximum atomic E-state index is 10.8. The molecule has 1 aliphatic carbocycles. The van der Waals surface area contributed by atoms with Crippen molar-refractivity contribution >= 4 is 21.6 Å². The molecule has 0 aliphatic heterocycles. The molecule has 2 unspecified atom stereocenters. The lowest BCUT2D eigenvalue weighted by atomic mass is 9.87. The van der Waals surface area contributed by atoms with Gasteiger partial charge in [0.2, 0.25) is 0 Å². The van der Waals surface area contributed by atoms with Crippen molar-refractivity contribution in [2.75, 3.05) is 0 Å². The van der Waals surface area contributed by atoms with E-state index in [0.29, 0.717) is 6.04 Å². The van der Waals surface area contributed by atoms with Crippen molar-refractivity contribution in [1.82, 2.24) is 5.32 Å². The number of nitro groups is 1. The van der Waals surface area contributed by atoms with E-state index in [1.165, 1.54) is 17.5 Å². The lowest BCUT2D eigenvalue weighted by Crippen LogP contribution is -2.28. The highest BCUT2D eigenvalue weighted by Crippen LogP contribution is 2.36. The molecule has 0 bridgehead atoms. The number of hydrogen-bond donors (Lipinski definition) is 1. The number of halogens is 1. The van der Waals surface area contributed by atoms with Crippen molar-refractivity contribution in [2.45, 2.75) is 38.3 Å². The second-order valence-corrected chi connectivity index (χ2v) is 6.85. The molecule has 1 aliphatic rings. The average Bonchev–Trinajstić information content (AvgIpc) is 2.55. The van der Waals surface area contributed by atoms with E-state index in [-0.39, 0.29) is 16.7 Å². The minimum absolute atomic E-state index is 0.131. The van der Waals surface area contributed by atoms with Gasteiger partial charge in [0.15, 0.2) is 0 Å². The molecule has 0 spiro atoms. The molecule has 0 radical (unpaired) electrons. The number of nitrogens with zero attached hydrogens (tertiary/aromatic N) is 1. The Morgan fingerprint density at radius 1 is 1.26 bits per heavy atom. The van der Waals surface area contributed by atoms with Gasteiger partial charge >= 0.3 is 0 Å². The van der Waals surface area contributed by atoms with Gasteiger partial charge in [-0.1, -0.05) is 40.2 Å². The largest absolute Gasteiger partial charge is 0.303 e. The summed E-state index contributed by atoms with van der Waals surface area (Å²) in [6.45, 7) is 2.10. The zero-order valence-electron chi connectivity index (χ0n) is 13.0. The van der Waals surface area contributed by atoms with E-state index < -0.39 is 0 Å². The predicted molar refractivity (Wildman–Crippen MR) is 94.5 cm³/mol. The van der Waals surface area contributed by atoms with E-state index in [2.05, 4.69) is 46.4 Å². The third-order valence-electron chi connectivity index (χ3n) is 4.49. The first kappa shape index (κ1) is 16.1. The van der Waals surface area contributed by atoms with Gasteiger partial charge in [-0.25, -0.2) is 0 Å². The van der Waals surface area contributed by atoms with Gasteiger partial charge in [-0.2, -0.15) is 0 Å². The van der Waals surface area contributed by atoms with Crippen molar-refractivity contribution in [3.63, 3.8) is 0 Å². The molecule has 120 valence electrons. The van der Waals surface area contributed by atoms with Gasteiger partial charge in [0, 0.05) is 28.7 Å². The molecule has 2 aromatic rings. The smallest absolute Gasteiger partial charge is 0.269 e. The molecule has 2 aromatic carbocycles. The third-order valence-corrected chi connectivity index (χ3v) is 5.18. The van der Waals surface area contributed by atoms with E-state index in [9.17, 15) is 10.1 Å². The van der Waals surface area contributed by atoms with Gasteiger partial charge < -0.3 is 5.32 Å². The molecule has 0 amide bonds. The number of non-ortho nitro benzene ring substituents is 1. The van der Waals surface area contributed by atoms with E-state index in [0.717, 1.165) is 22.9 Å². The molecular formula is C18H19BrN2O2. The van der Waals surface area contributed by atoms with Crippen molar-refractivity contribution in [3.8, 4) is 0 Å². The van der Waals surface area contributed by atoms with Gasteiger partial charge in [-0.3, -0.25) is 10.1 Å². The maximum absolute atomic E-state index is 10.8. The van der Waals surface area contributed by atoms with Gasteiger partial charge in [-0.05, 0) is 48.9 Å². The van der Waals surface area contributed by atoms with Crippen LogP contribution in [0, 0.1) is 10.1 Å². The summed E-state index contributed by atoms with van der Waals surface area (Å²) in [6, 6.07) is 13.6. The minimum Gasteiger partial charge on any atom is -0.303 e. The Morgan fingerprint density at radius 2 is 2.00 bits per heavy atom. The fourth-order valence-corrected chi connectivity index (χ4v) is 3.96. The Bertz CT molecular complexity index is 715. The van der Waals surface area contributed by atoms with Crippen LogP contribution >= 0.6 is 15.9 Å². The monoisotopic (exact) mass is 374 g/mol. The summed E-state index contributed by atoms with van der Waals surface area (Å²) in [5.41, 5.74) is 3.95. The molecule has 1 N–H and O–H groups in total. The molecule has 0 saturated carbocycles. The predicted octanol–water partition coefficient (Wildman–Crippen LogP) is 5.09. The van der Waals surface area contributed by atoms with E-state index in [4.69, 9.17) is 0 Å². The van der Waals surface area contributed by atoms with Crippen molar-refractivity contribution < 1.29 is 4.92 Å². The maximum Gasteiger partial charge on any atom is 0.269 e. The number of nitrogens with one attached hydrogen (secondary N) is 1. The third kappa shape index (κ3) is 3.46. The Morgan fingerprint density at radius 3 is 2.70 bits per heavy atom. The molecule has 0 saturated heterocycles. The van der Waals surface area contributed by atoms with Crippen molar-refractivity contribution in [2.24, 2.45) is 0 Å². The SMILES string of the molecule is CC(NC1CCCc2cccc(Br)c21)c1ccc([N+](=O)[O-])cc1. The summed E-state index contributed by atoms with van der Waals surface area (Å²) in [4.78, 5) is 10.4. The number of rotatable bonds is 4. The number of fused-ring (bicyclic) bond motifs is 1. The van der Waals surface area contributed by atoms with Crippen molar-refractivity contribution in [3.05, 3.63) is 73.7 Å². The molecule has 3 rings (SSSR count). The number of hydrogen-bond acceptors (Lipinski definition) is 3. The van der Waals surface area contributed by atoms with Crippen LogP contribution in [-0.2, 0) is 6.42 Å². The van der Waals surface area contributed by atoms with Gasteiger partial charge in [0.1, 0.15) is 0 Å². The summed E-state index contributed by atoms with van der Waals surface area (Å²) in [5.74, 6) is 0. The fraction of sp³-hybridized carbons (Fsp3) is 0.333. The van der Waals surface area contributed by atoms with Crippen LogP contribution in [0.5, 0.6) is 0 Å². The van der Waals surface area contributed by atoms with Crippen LogP contribution in [0.25, 0.3) is 0 Å². The molecule has 4 nitrogen and oxygen atoms in total. The number of benzene rings is 2. The van der Waals surface area contributed by atoms with E-state index in [1.807, 2.05) is 12.1 Å². The lowest BCUT2D eigenvalue weighted by molar-refractivity contribution is -0.384. The topological polar surface area (TPSA) is 55.2 Å². The van der Waals surface area contributed by atoms with Gasteiger partial charge in [0.05, 0.1) is 4.92 Å². The lowest BCUT2D eigenvalue weighted by Gasteiger charge is -2.30. The summed E-state index contributed by atoms with van der Waals surface area (Å²) in [7, 11) is 0. The van der Waals surface area contributed by atoms with Crippen LogP contribution in [0.4, 0.5) is 5.69 Å². The van der Waals surface area contributed by atoms with E-state index >= 15 is 0 Å². The highest BCUT2D eigenvalue weighted by Gasteiger charge is 2.24. The summed E-state index contributed by atoms with van der Waals surface area (Å²) in [5, 5.41) is 14.4. The van der Waals surface area contributed by atoms with Crippen molar-refractivity contribution in [1.29, 1.82) is 0 Å². The van der Waals surface area contributed by atoms with Gasteiger partial charge in [0.25, 0.3) is 5.69 Å². The Kier molecular flexibility index (Phi) is 4.78. The Labute approximate surface area is 144 Å². The molecule has 0 aromatic heterocycles. The average molecular weight is 375 g/mol. The first-order valence-corrected chi connectivity index (χ1v) is 8.63. The number of aryl methyl sites for hydroxylation is 1. The Hall–Kier alpha value is -1.72. The van der Waals surface area contributed by atoms with Crippen LogP contribution < -0.4 is 5.32 Å². The highest BCUT2D eigenvalue weighted by atomic mass is 79.9. The first-order valence-electron chi connectivity index (χ1n) is 7.84. The molecule has 5 heteroatoms. The van der Waals surface area contributed by atoms with Crippen LogP contribution in [0.1, 0.15) is 48.5 Å². The molecule has 0 fully saturated rings. The molecule has 2 atom stereocenters. The Balaban J connectivity index is 1.79. The highest BCUT2D eigenvalue weighted by molar-refractivity contribution is 9.10. The number of nitro benzene ring substituents is 1. The fourth-order valence-electron chi connectivity index (χ4n) is 3.28. The minimum atomic E-state index is -0.365. The summed E-state index contributed by atoms with van der Waals surface area (Å²) >= 11 is 3.68. The first-order chi connectivity index (χ1) is 11.1. The zero-order valence-corrected chi connectivity index (χ0v) is 14.5. The quantitative estimate of drug-likeness (QED) is 0.599. The molecular weight excluding hydrogens is 356 g/mol. The summed E-state index contributed by atoms with van der Waals surface area (Å²) in [6.07, 6.45) is 3.40. The van der Waals surface area contributed by atoms with Crippen LogP contribution in [-0.4, -0.2) is 4.92 Å². The molecule has 0 heterocycles. The second kappa shape index (κ2) is 6.81. The molecule has 23 heavy (non-hydrogen) atoms. The second-order valence-electron chi connectivity index (χ2n) is 5.99. The summed E-state index contributed by atoms with van der Waals surface area (Å²) < 4.78 is 1.16. The standard InChI is InChI=1S/C18H19BrN2O2/c1-12(13-8-10-15(11-9-13)21(22)23)20-17-7-3-5-14-4-2-6-16(19)18(14)17/h2,4,6,8-12,17,20H,3,5,7H2,1H3. The van der Waals surface area contributed by atoms with E-state index in [1.54, 1.807) is 12.1 Å². The van der Waals surface area contributed by atoms with Gasteiger partial charge in [-0.15, -0.1) is 0 Å². The van der Waals surface area contributed by atoms with Crippen LogP contribution in [0.15, 0.2) is 46.9 Å². The normalized spacial score (nSPS) is 18.3. The zero-order chi connectivity index (χ0) is 16.4.